The molecular formula is C71H124O6. The fourth-order valence-electron chi connectivity index (χ4n) is 9.44. The lowest BCUT2D eigenvalue weighted by Crippen LogP contribution is -2.30. The van der Waals surface area contributed by atoms with E-state index in [9.17, 15) is 14.4 Å². The van der Waals surface area contributed by atoms with Gasteiger partial charge in [0.05, 0.1) is 0 Å². The summed E-state index contributed by atoms with van der Waals surface area (Å²) < 4.78 is 16.9. The van der Waals surface area contributed by atoms with Gasteiger partial charge in [-0.15, -0.1) is 0 Å². The molecule has 0 fully saturated rings. The third kappa shape index (κ3) is 63.3. The fraction of sp³-hybridized carbons (Fsp3) is 0.761. The maximum absolute atomic E-state index is 12.9. The van der Waals surface area contributed by atoms with Gasteiger partial charge in [0.15, 0.2) is 6.10 Å². The van der Waals surface area contributed by atoms with Crippen LogP contribution in [0, 0.1) is 0 Å². The summed E-state index contributed by atoms with van der Waals surface area (Å²) in [5.74, 6) is -0.889. The van der Waals surface area contributed by atoms with Crippen LogP contribution in [0.15, 0.2) is 85.1 Å². The van der Waals surface area contributed by atoms with Crippen molar-refractivity contribution in [2.45, 2.75) is 335 Å². The second kappa shape index (κ2) is 65.1. The molecule has 0 spiro atoms. The number of carbonyl (C=O) groups excluding carboxylic acids is 3. The van der Waals surface area contributed by atoms with E-state index in [2.05, 4.69) is 106 Å². The predicted molar refractivity (Wildman–Crippen MR) is 334 cm³/mol. The maximum atomic E-state index is 12.9. The summed E-state index contributed by atoms with van der Waals surface area (Å²) in [5, 5.41) is 0. The highest BCUT2D eigenvalue weighted by molar-refractivity contribution is 5.71. The quantitative estimate of drug-likeness (QED) is 0.0261. The number of hydrogen-bond donors (Lipinski definition) is 0. The molecule has 0 saturated heterocycles. The van der Waals surface area contributed by atoms with E-state index in [0.29, 0.717) is 19.3 Å². The van der Waals surface area contributed by atoms with Gasteiger partial charge < -0.3 is 14.2 Å². The first kappa shape index (κ1) is 73.6. The Labute approximate surface area is 477 Å². The lowest BCUT2D eigenvalue weighted by Gasteiger charge is -2.18. The van der Waals surface area contributed by atoms with Gasteiger partial charge in [0, 0.05) is 19.3 Å². The van der Waals surface area contributed by atoms with Gasteiger partial charge in [-0.1, -0.05) is 298 Å². The van der Waals surface area contributed by atoms with E-state index >= 15 is 0 Å². The lowest BCUT2D eigenvalue weighted by molar-refractivity contribution is -0.167. The van der Waals surface area contributed by atoms with Crippen molar-refractivity contribution in [3.8, 4) is 0 Å². The third-order valence-electron chi connectivity index (χ3n) is 14.4. The molecule has 0 aromatic heterocycles. The average molecular weight is 1070 g/mol. The van der Waals surface area contributed by atoms with E-state index in [-0.39, 0.29) is 31.1 Å². The molecule has 0 aliphatic heterocycles. The van der Waals surface area contributed by atoms with E-state index in [4.69, 9.17) is 14.2 Å². The number of carbonyl (C=O) groups is 3. The van der Waals surface area contributed by atoms with Crippen molar-refractivity contribution >= 4 is 17.9 Å². The SMILES string of the molecule is CC/C=C\C/C=C\C/C=C\C/C=C\C/C=C\C/C=C\CCCCCCCCC(=O)OCC(COC(=O)CCCCCCC/C=C\CCCCCCC)OC(=O)CCCCCCCCCCCCCCCCCCCCCC. The highest BCUT2D eigenvalue weighted by atomic mass is 16.6. The first-order valence-electron chi connectivity index (χ1n) is 33.1. The molecule has 0 amide bonds. The second-order valence-corrected chi connectivity index (χ2v) is 22.0. The number of allylic oxidation sites excluding steroid dienone is 14. The van der Waals surface area contributed by atoms with Crippen LogP contribution >= 0.6 is 0 Å². The van der Waals surface area contributed by atoms with Crippen molar-refractivity contribution in [3.05, 3.63) is 85.1 Å². The van der Waals surface area contributed by atoms with Gasteiger partial charge in [0.25, 0.3) is 0 Å². The monoisotopic (exact) mass is 1070 g/mol. The van der Waals surface area contributed by atoms with Crippen molar-refractivity contribution < 1.29 is 28.6 Å². The van der Waals surface area contributed by atoms with Crippen LogP contribution in [-0.2, 0) is 28.6 Å². The molecule has 0 bridgehead atoms. The Hall–Kier alpha value is -3.41. The van der Waals surface area contributed by atoms with E-state index in [0.717, 1.165) is 116 Å². The molecule has 6 nitrogen and oxygen atoms in total. The number of ether oxygens (including phenoxy) is 3. The molecule has 0 aromatic rings. The van der Waals surface area contributed by atoms with Crippen molar-refractivity contribution in [3.63, 3.8) is 0 Å². The van der Waals surface area contributed by atoms with Gasteiger partial charge in [-0.2, -0.15) is 0 Å². The van der Waals surface area contributed by atoms with Crippen LogP contribution < -0.4 is 0 Å². The Morgan fingerprint density at radius 2 is 0.506 bits per heavy atom. The topological polar surface area (TPSA) is 78.9 Å². The largest absolute Gasteiger partial charge is 0.462 e. The highest BCUT2D eigenvalue weighted by Gasteiger charge is 2.19. The zero-order chi connectivity index (χ0) is 55.7. The Bertz CT molecular complexity index is 1470. The van der Waals surface area contributed by atoms with Crippen molar-refractivity contribution in [2.75, 3.05) is 13.2 Å². The van der Waals surface area contributed by atoms with Crippen LogP contribution in [-0.4, -0.2) is 37.2 Å². The lowest BCUT2D eigenvalue weighted by atomic mass is 10.0. The van der Waals surface area contributed by atoms with Crippen LogP contribution in [0.2, 0.25) is 0 Å². The molecule has 0 aliphatic carbocycles. The maximum Gasteiger partial charge on any atom is 0.306 e. The van der Waals surface area contributed by atoms with Gasteiger partial charge in [0.1, 0.15) is 13.2 Å². The van der Waals surface area contributed by atoms with Gasteiger partial charge in [-0.25, -0.2) is 0 Å². The second-order valence-electron chi connectivity index (χ2n) is 22.0. The van der Waals surface area contributed by atoms with E-state index < -0.39 is 6.10 Å². The molecule has 0 heterocycles. The summed E-state index contributed by atoms with van der Waals surface area (Å²) in [6.07, 6.45) is 85.9. The van der Waals surface area contributed by atoms with Crippen LogP contribution in [0.1, 0.15) is 329 Å². The summed E-state index contributed by atoms with van der Waals surface area (Å²) in [6.45, 7) is 6.54. The third-order valence-corrected chi connectivity index (χ3v) is 14.4. The normalized spacial score (nSPS) is 12.6. The van der Waals surface area contributed by atoms with Gasteiger partial charge in [0.2, 0.25) is 0 Å². The summed E-state index contributed by atoms with van der Waals surface area (Å²) >= 11 is 0. The molecule has 0 radical (unpaired) electrons. The van der Waals surface area contributed by atoms with E-state index in [1.165, 1.54) is 173 Å². The first-order valence-corrected chi connectivity index (χ1v) is 33.1. The number of esters is 3. The molecule has 0 saturated carbocycles. The number of rotatable bonds is 60. The summed E-state index contributed by atoms with van der Waals surface area (Å²) in [7, 11) is 0. The van der Waals surface area contributed by atoms with Crippen LogP contribution in [0.3, 0.4) is 0 Å². The molecule has 0 rings (SSSR count). The van der Waals surface area contributed by atoms with Crippen LogP contribution in [0.5, 0.6) is 0 Å². The molecule has 0 aliphatic rings. The molecule has 444 valence electrons. The first-order chi connectivity index (χ1) is 38.0. The fourth-order valence-corrected chi connectivity index (χ4v) is 9.44. The Morgan fingerprint density at radius 3 is 0.805 bits per heavy atom. The predicted octanol–water partition coefficient (Wildman–Crippen LogP) is 22.7. The zero-order valence-electron chi connectivity index (χ0n) is 51.0. The molecule has 0 aromatic carbocycles. The average Bonchev–Trinajstić information content (AvgIpc) is 3.43. The number of hydrogen-bond acceptors (Lipinski definition) is 6. The summed E-state index contributed by atoms with van der Waals surface area (Å²) in [5.41, 5.74) is 0. The molecule has 6 heteroatoms. The minimum atomic E-state index is -0.786. The molecule has 1 atom stereocenters. The zero-order valence-corrected chi connectivity index (χ0v) is 51.0. The van der Waals surface area contributed by atoms with Gasteiger partial charge in [-0.3, -0.25) is 14.4 Å². The minimum absolute atomic E-state index is 0.0827. The van der Waals surface area contributed by atoms with E-state index in [1.54, 1.807) is 0 Å². The van der Waals surface area contributed by atoms with Gasteiger partial charge >= 0.3 is 17.9 Å². The molecule has 77 heavy (non-hydrogen) atoms. The van der Waals surface area contributed by atoms with E-state index in [1.807, 2.05) is 0 Å². The Kier molecular flexibility index (Phi) is 62.2. The Balaban J connectivity index is 4.36. The van der Waals surface area contributed by atoms with Crippen LogP contribution in [0.4, 0.5) is 0 Å². The highest BCUT2D eigenvalue weighted by Crippen LogP contribution is 2.17. The molecule has 1 unspecified atom stereocenters. The van der Waals surface area contributed by atoms with Crippen molar-refractivity contribution in [1.82, 2.24) is 0 Å². The smallest absolute Gasteiger partial charge is 0.306 e. The standard InChI is InChI=1S/C71H124O6/c1-4-7-10-13-16-19-22-25-28-30-32-34-35-36-37-38-40-41-43-46-49-52-55-58-61-64-70(73)76-67-68(66-75-69(72)63-60-57-54-51-48-45-27-24-21-18-15-12-9-6-3)77-71(74)65-62-59-56-53-50-47-44-42-39-33-31-29-26-23-20-17-14-11-8-5-2/h7,10,16,19,24-25,27-28,32,34,36-37,40-41,68H,4-6,8-9,11-15,17-18,20-23,26,29-31,33,35,38-39,42-67H2,1-3H3/b10-7-,19-16-,27-24-,28-25-,34-32-,37-36-,41-40-. The summed E-state index contributed by atoms with van der Waals surface area (Å²) in [4.78, 5) is 38.4. The minimum Gasteiger partial charge on any atom is -0.462 e. The summed E-state index contributed by atoms with van der Waals surface area (Å²) in [6, 6.07) is 0. The van der Waals surface area contributed by atoms with Gasteiger partial charge in [-0.05, 0) is 96.3 Å². The van der Waals surface area contributed by atoms with Crippen molar-refractivity contribution in [2.24, 2.45) is 0 Å². The van der Waals surface area contributed by atoms with Crippen molar-refractivity contribution in [1.29, 1.82) is 0 Å². The number of unbranched alkanes of at least 4 members (excludes halogenated alkanes) is 35. The molecular weight excluding hydrogens is 949 g/mol. The molecule has 0 N–H and O–H groups in total. The van der Waals surface area contributed by atoms with Crippen LogP contribution in [0.25, 0.3) is 0 Å². The Morgan fingerprint density at radius 1 is 0.273 bits per heavy atom.